The minimum absolute atomic E-state index is 0.241. The summed E-state index contributed by atoms with van der Waals surface area (Å²) >= 11 is 1.32. The molecule has 2 rings (SSSR count). The van der Waals surface area contributed by atoms with Crippen molar-refractivity contribution in [3.05, 3.63) is 33.4 Å². The maximum atomic E-state index is 12.4. The molecule has 0 atom stereocenters. The molecule has 8 heteroatoms. The molecule has 114 valence electrons. The average Bonchev–Trinajstić information content (AvgIpc) is 2.70. The molecule has 2 aromatic heterocycles. The lowest BCUT2D eigenvalue weighted by Crippen LogP contribution is -2.40. The van der Waals surface area contributed by atoms with Crippen LogP contribution in [0.2, 0.25) is 0 Å². The lowest BCUT2D eigenvalue weighted by Gasteiger charge is -2.20. The molecule has 0 fully saturated rings. The van der Waals surface area contributed by atoms with Crippen molar-refractivity contribution in [1.82, 2.24) is 14.9 Å². The third-order valence-electron chi connectivity index (χ3n) is 2.53. The first-order valence-corrected chi connectivity index (χ1v) is 8.59. The van der Waals surface area contributed by atoms with Crippen LogP contribution in [-0.2, 0) is 10.0 Å². The Morgan fingerprint density at radius 3 is 2.48 bits per heavy atom. The van der Waals surface area contributed by atoms with Gasteiger partial charge in [0.1, 0.15) is 5.69 Å². The molecule has 2 aromatic rings. The lowest BCUT2D eigenvalue weighted by atomic mass is 10.1. The molecule has 21 heavy (non-hydrogen) atoms. The fourth-order valence-corrected chi connectivity index (χ4v) is 4.78. The van der Waals surface area contributed by atoms with Crippen molar-refractivity contribution >= 4 is 21.4 Å². The highest BCUT2D eigenvalue weighted by atomic mass is 32.2. The van der Waals surface area contributed by atoms with Crippen LogP contribution < -0.4 is 10.3 Å². The van der Waals surface area contributed by atoms with E-state index in [2.05, 4.69) is 14.9 Å². The number of sulfonamides is 1. The van der Waals surface area contributed by atoms with Gasteiger partial charge < -0.3 is 0 Å². The second-order valence-corrected chi connectivity index (χ2v) is 8.60. The predicted molar refractivity (Wildman–Crippen MR) is 83.0 cm³/mol. The lowest BCUT2D eigenvalue weighted by molar-refractivity contribution is 0.491. The number of aromatic amines is 1. The minimum Gasteiger partial charge on any atom is -0.268 e. The standard InChI is InChI=1S/C13H17N3O3S2/c1-8-11(21(18,19)16-13(2,3)4)7-10(20-8)9-5-6-12(17)15-14-9/h5-7,16H,1-4H3,(H,15,17). The minimum atomic E-state index is -3.58. The van der Waals surface area contributed by atoms with Gasteiger partial charge in [-0.1, -0.05) is 0 Å². The van der Waals surface area contributed by atoms with Gasteiger partial charge in [-0.05, 0) is 39.8 Å². The first-order valence-electron chi connectivity index (χ1n) is 6.29. The molecule has 2 heterocycles. The molecule has 6 nitrogen and oxygen atoms in total. The summed E-state index contributed by atoms with van der Waals surface area (Å²) in [6.07, 6.45) is 0. The van der Waals surface area contributed by atoms with Crippen molar-refractivity contribution in [1.29, 1.82) is 0 Å². The molecular weight excluding hydrogens is 310 g/mol. The zero-order valence-corrected chi connectivity index (χ0v) is 13.9. The summed E-state index contributed by atoms with van der Waals surface area (Å²) in [7, 11) is -3.58. The van der Waals surface area contributed by atoms with Crippen molar-refractivity contribution in [3.63, 3.8) is 0 Å². The van der Waals surface area contributed by atoms with E-state index in [0.29, 0.717) is 15.4 Å². The largest absolute Gasteiger partial charge is 0.268 e. The van der Waals surface area contributed by atoms with E-state index in [0.717, 1.165) is 0 Å². The quantitative estimate of drug-likeness (QED) is 0.900. The van der Waals surface area contributed by atoms with Crippen molar-refractivity contribution < 1.29 is 8.42 Å². The van der Waals surface area contributed by atoms with Gasteiger partial charge in [0.15, 0.2) is 0 Å². The van der Waals surface area contributed by atoms with E-state index >= 15 is 0 Å². The summed E-state index contributed by atoms with van der Waals surface area (Å²) in [4.78, 5) is 12.6. The van der Waals surface area contributed by atoms with Crippen LogP contribution in [0, 0.1) is 6.92 Å². The van der Waals surface area contributed by atoms with Crippen LogP contribution in [0.1, 0.15) is 25.6 Å². The Balaban J connectivity index is 2.44. The van der Waals surface area contributed by atoms with Crippen LogP contribution in [0.3, 0.4) is 0 Å². The van der Waals surface area contributed by atoms with Gasteiger partial charge in [-0.25, -0.2) is 18.2 Å². The highest BCUT2D eigenvalue weighted by molar-refractivity contribution is 7.89. The monoisotopic (exact) mass is 327 g/mol. The zero-order valence-electron chi connectivity index (χ0n) is 12.2. The van der Waals surface area contributed by atoms with Crippen LogP contribution in [0.25, 0.3) is 10.6 Å². The SMILES string of the molecule is Cc1sc(-c2ccc(=O)[nH]n2)cc1S(=O)(=O)NC(C)(C)C. The van der Waals surface area contributed by atoms with Crippen molar-refractivity contribution in [3.8, 4) is 10.6 Å². The maximum Gasteiger partial charge on any atom is 0.264 e. The molecule has 0 aliphatic heterocycles. The maximum absolute atomic E-state index is 12.4. The van der Waals surface area contributed by atoms with E-state index in [4.69, 9.17) is 0 Å². The van der Waals surface area contributed by atoms with Gasteiger partial charge in [-0.15, -0.1) is 11.3 Å². The molecule has 0 aliphatic rings. The molecule has 0 saturated heterocycles. The highest BCUT2D eigenvalue weighted by Gasteiger charge is 2.25. The number of H-pyrrole nitrogens is 1. The Kier molecular flexibility index (Phi) is 4.05. The van der Waals surface area contributed by atoms with E-state index < -0.39 is 15.6 Å². The van der Waals surface area contributed by atoms with E-state index in [1.807, 2.05) is 0 Å². The van der Waals surface area contributed by atoms with Crippen LogP contribution in [0.15, 0.2) is 27.9 Å². The molecule has 2 N–H and O–H groups in total. The molecule has 0 saturated carbocycles. The molecule has 0 radical (unpaired) electrons. The van der Waals surface area contributed by atoms with E-state index in [9.17, 15) is 13.2 Å². The number of thiophene rings is 1. The molecule has 0 aromatic carbocycles. The van der Waals surface area contributed by atoms with Gasteiger partial charge in [0, 0.05) is 16.5 Å². The molecule has 0 unspecified atom stereocenters. The summed E-state index contributed by atoms with van der Waals surface area (Å²) in [5, 5.41) is 6.26. The predicted octanol–water partition coefficient (Wildman–Crippen LogP) is 1.88. The summed E-state index contributed by atoms with van der Waals surface area (Å²) in [6, 6.07) is 4.51. The Hall–Kier alpha value is -1.51. The van der Waals surface area contributed by atoms with Crippen LogP contribution in [0.4, 0.5) is 0 Å². The normalized spacial score (nSPS) is 12.6. The van der Waals surface area contributed by atoms with Gasteiger partial charge in [-0.2, -0.15) is 5.10 Å². The number of aryl methyl sites for hydroxylation is 1. The van der Waals surface area contributed by atoms with Gasteiger partial charge in [0.2, 0.25) is 10.0 Å². The van der Waals surface area contributed by atoms with E-state index in [1.54, 1.807) is 39.8 Å². The van der Waals surface area contributed by atoms with Gasteiger partial charge >= 0.3 is 0 Å². The number of aromatic nitrogens is 2. The van der Waals surface area contributed by atoms with Crippen molar-refractivity contribution in [2.75, 3.05) is 0 Å². The topological polar surface area (TPSA) is 91.9 Å². The molecule has 0 amide bonds. The molecule has 0 aliphatic carbocycles. The Morgan fingerprint density at radius 2 is 1.95 bits per heavy atom. The Morgan fingerprint density at radius 1 is 1.29 bits per heavy atom. The third kappa shape index (κ3) is 3.78. The highest BCUT2D eigenvalue weighted by Crippen LogP contribution is 2.32. The average molecular weight is 327 g/mol. The number of hydrogen-bond acceptors (Lipinski definition) is 5. The fourth-order valence-electron chi connectivity index (χ4n) is 1.80. The number of hydrogen-bond donors (Lipinski definition) is 2. The van der Waals surface area contributed by atoms with Crippen LogP contribution in [-0.4, -0.2) is 24.2 Å². The summed E-state index contributed by atoms with van der Waals surface area (Å²) in [6.45, 7) is 7.11. The Bertz CT molecular complexity index is 793. The van der Waals surface area contributed by atoms with Gasteiger partial charge in [0.05, 0.1) is 9.77 Å². The zero-order chi connectivity index (χ0) is 15.8. The van der Waals surface area contributed by atoms with Crippen molar-refractivity contribution in [2.45, 2.75) is 38.1 Å². The van der Waals surface area contributed by atoms with Crippen LogP contribution in [0.5, 0.6) is 0 Å². The van der Waals surface area contributed by atoms with E-state index in [1.165, 1.54) is 17.4 Å². The first-order chi connectivity index (χ1) is 9.58. The third-order valence-corrected chi connectivity index (χ3v) is 5.62. The number of nitrogens with zero attached hydrogens (tertiary/aromatic N) is 1. The van der Waals surface area contributed by atoms with Gasteiger partial charge in [-0.3, -0.25) is 4.79 Å². The van der Waals surface area contributed by atoms with Crippen molar-refractivity contribution in [2.24, 2.45) is 0 Å². The number of nitrogens with one attached hydrogen (secondary N) is 2. The summed E-state index contributed by atoms with van der Waals surface area (Å²) in [5.41, 5.74) is -0.307. The summed E-state index contributed by atoms with van der Waals surface area (Å²) in [5.74, 6) is 0. The van der Waals surface area contributed by atoms with Crippen LogP contribution >= 0.6 is 11.3 Å². The molecular formula is C13H17N3O3S2. The molecule has 0 spiro atoms. The fraction of sp³-hybridized carbons (Fsp3) is 0.385. The smallest absolute Gasteiger partial charge is 0.264 e. The molecule has 0 bridgehead atoms. The number of rotatable bonds is 3. The second-order valence-electron chi connectivity index (χ2n) is 5.69. The second kappa shape index (κ2) is 5.36. The first kappa shape index (κ1) is 15.9. The van der Waals surface area contributed by atoms with E-state index in [-0.39, 0.29) is 10.5 Å². The summed E-state index contributed by atoms with van der Waals surface area (Å²) < 4.78 is 27.4. The Labute approximate surface area is 127 Å². The van der Waals surface area contributed by atoms with Gasteiger partial charge in [0.25, 0.3) is 5.56 Å².